The van der Waals surface area contributed by atoms with Gasteiger partial charge in [-0.15, -0.1) is 0 Å². The van der Waals surface area contributed by atoms with Gasteiger partial charge in [0.05, 0.1) is 17.1 Å². The zero-order valence-corrected chi connectivity index (χ0v) is 17.9. The van der Waals surface area contributed by atoms with E-state index in [4.69, 9.17) is 4.74 Å². The maximum atomic E-state index is 12.5. The second kappa shape index (κ2) is 8.47. The lowest BCUT2D eigenvalue weighted by molar-refractivity contribution is -0.142. The van der Waals surface area contributed by atoms with Gasteiger partial charge >= 0.3 is 5.97 Å². The van der Waals surface area contributed by atoms with Gasteiger partial charge in [0, 0.05) is 5.56 Å². The van der Waals surface area contributed by atoms with Crippen LogP contribution in [-0.4, -0.2) is 32.5 Å². The van der Waals surface area contributed by atoms with Crippen molar-refractivity contribution in [2.24, 2.45) is 0 Å². The molecular weight excluding hydrogens is 412 g/mol. The van der Waals surface area contributed by atoms with Crippen molar-refractivity contribution >= 4 is 21.6 Å². The highest BCUT2D eigenvalue weighted by molar-refractivity contribution is 7.91. The molecule has 0 fully saturated rings. The number of ketones is 1. The van der Waals surface area contributed by atoms with Gasteiger partial charge in [0.1, 0.15) is 0 Å². The molecule has 4 rings (SSSR count). The van der Waals surface area contributed by atoms with Crippen molar-refractivity contribution in [3.8, 4) is 11.1 Å². The van der Waals surface area contributed by atoms with E-state index in [9.17, 15) is 18.0 Å². The van der Waals surface area contributed by atoms with E-state index in [1.807, 2.05) is 37.3 Å². The van der Waals surface area contributed by atoms with Gasteiger partial charge in [-0.1, -0.05) is 54.1 Å². The Hall–Kier alpha value is -3.25. The minimum atomic E-state index is -3.58. The van der Waals surface area contributed by atoms with E-state index in [-0.39, 0.29) is 22.9 Å². The fourth-order valence-electron chi connectivity index (χ4n) is 3.68. The Kier molecular flexibility index (Phi) is 5.74. The number of esters is 1. The summed E-state index contributed by atoms with van der Waals surface area (Å²) in [7, 11) is -3.58. The fraction of sp³-hybridized carbons (Fsp3) is 0.200. The second-order valence-electron chi connectivity index (χ2n) is 7.67. The highest BCUT2D eigenvalue weighted by Crippen LogP contribution is 2.36. The Bertz CT molecular complexity index is 1260. The molecule has 1 aliphatic rings. The van der Waals surface area contributed by atoms with Crippen LogP contribution in [0, 0.1) is 6.92 Å². The van der Waals surface area contributed by atoms with Crippen LogP contribution in [0.5, 0.6) is 0 Å². The zero-order valence-electron chi connectivity index (χ0n) is 17.1. The summed E-state index contributed by atoms with van der Waals surface area (Å²) in [6.07, 6.45) is 0.533. The van der Waals surface area contributed by atoms with Gasteiger partial charge < -0.3 is 4.74 Å². The van der Waals surface area contributed by atoms with E-state index in [1.165, 1.54) is 17.7 Å². The maximum absolute atomic E-state index is 12.5. The summed E-state index contributed by atoms with van der Waals surface area (Å²) >= 11 is 0. The number of hydrogen-bond donors (Lipinski definition) is 0. The first-order valence-corrected chi connectivity index (χ1v) is 11.7. The zero-order chi connectivity index (χ0) is 22.0. The first kappa shape index (κ1) is 21.0. The highest BCUT2D eigenvalue weighted by Gasteiger charge is 2.21. The molecule has 0 aliphatic heterocycles. The molecule has 0 N–H and O–H groups in total. The predicted molar refractivity (Wildman–Crippen MR) is 118 cm³/mol. The van der Waals surface area contributed by atoms with Crippen LogP contribution in [0.3, 0.4) is 0 Å². The molecule has 0 saturated heterocycles. The van der Waals surface area contributed by atoms with Crippen LogP contribution in [0.25, 0.3) is 11.1 Å². The number of carbonyl (C=O) groups is 2. The monoisotopic (exact) mass is 434 g/mol. The molecule has 0 saturated carbocycles. The Morgan fingerprint density at radius 3 is 2.39 bits per heavy atom. The molecule has 0 heterocycles. The molecule has 0 amide bonds. The second-order valence-corrected chi connectivity index (χ2v) is 9.78. The van der Waals surface area contributed by atoms with Crippen molar-refractivity contribution in [2.45, 2.75) is 24.7 Å². The number of ether oxygens (including phenoxy) is 1. The third-order valence-corrected chi connectivity index (χ3v) is 7.17. The molecular formula is C25H22O5S. The molecule has 6 heteroatoms. The molecule has 3 aromatic rings. The van der Waals surface area contributed by atoms with Crippen LogP contribution in [0.2, 0.25) is 0 Å². The molecule has 1 aliphatic carbocycles. The van der Waals surface area contributed by atoms with Crippen molar-refractivity contribution in [3.05, 3.63) is 89.0 Å². The average molecular weight is 435 g/mol. The van der Waals surface area contributed by atoms with Gasteiger partial charge in [0.25, 0.3) is 0 Å². The molecule has 0 atom stereocenters. The quantitative estimate of drug-likeness (QED) is 0.322. The van der Waals surface area contributed by atoms with Crippen molar-refractivity contribution in [1.29, 1.82) is 0 Å². The Morgan fingerprint density at radius 2 is 1.61 bits per heavy atom. The largest absolute Gasteiger partial charge is 0.457 e. The van der Waals surface area contributed by atoms with E-state index in [2.05, 4.69) is 6.07 Å². The van der Waals surface area contributed by atoms with Crippen LogP contribution in [0.4, 0.5) is 0 Å². The average Bonchev–Trinajstić information content (AvgIpc) is 3.14. The molecule has 31 heavy (non-hydrogen) atoms. The Labute approximate surface area is 181 Å². The molecule has 5 nitrogen and oxygen atoms in total. The van der Waals surface area contributed by atoms with E-state index in [0.29, 0.717) is 5.56 Å². The van der Waals surface area contributed by atoms with Gasteiger partial charge in [0.2, 0.25) is 0 Å². The summed E-state index contributed by atoms with van der Waals surface area (Å²) in [4.78, 5) is 24.7. The van der Waals surface area contributed by atoms with Gasteiger partial charge in [0.15, 0.2) is 22.2 Å². The Morgan fingerprint density at radius 1 is 0.903 bits per heavy atom. The molecule has 3 aromatic carbocycles. The van der Waals surface area contributed by atoms with Gasteiger partial charge in [-0.2, -0.15) is 0 Å². The summed E-state index contributed by atoms with van der Waals surface area (Å²) < 4.78 is 29.7. The molecule has 0 spiro atoms. The maximum Gasteiger partial charge on any atom is 0.307 e. The van der Waals surface area contributed by atoms with E-state index in [1.54, 1.807) is 18.2 Å². The third-order valence-electron chi connectivity index (χ3n) is 5.44. The summed E-state index contributed by atoms with van der Waals surface area (Å²) in [5.74, 6) is -1.39. The van der Waals surface area contributed by atoms with Crippen LogP contribution in [0.1, 0.15) is 33.5 Å². The Balaban J connectivity index is 1.34. The first-order chi connectivity index (χ1) is 14.8. The van der Waals surface area contributed by atoms with E-state index < -0.39 is 22.4 Å². The normalized spacial score (nSPS) is 12.2. The number of carbonyl (C=O) groups excluding carboxylic acids is 2. The fourth-order valence-corrected chi connectivity index (χ4v) is 4.90. The van der Waals surface area contributed by atoms with Crippen molar-refractivity contribution in [3.63, 3.8) is 0 Å². The number of rotatable bonds is 7. The molecule has 0 bridgehead atoms. The van der Waals surface area contributed by atoms with E-state index >= 15 is 0 Å². The lowest BCUT2D eigenvalue weighted by Gasteiger charge is -2.08. The predicted octanol–water partition coefficient (Wildman–Crippen LogP) is 4.16. The van der Waals surface area contributed by atoms with Crippen molar-refractivity contribution in [1.82, 2.24) is 0 Å². The number of Topliss-reactive ketones (excluding diaryl/α,β-unsaturated/α-hetero) is 1. The minimum Gasteiger partial charge on any atom is -0.457 e. The molecule has 0 aromatic heterocycles. The topological polar surface area (TPSA) is 77.5 Å². The van der Waals surface area contributed by atoms with Gasteiger partial charge in [-0.3, -0.25) is 9.59 Å². The number of fused-ring (bicyclic) bond motifs is 3. The summed E-state index contributed by atoms with van der Waals surface area (Å²) in [6, 6.07) is 20.0. The SMILES string of the molecule is Cc1ccc(S(=O)(=O)CCC(=O)OCC(=O)c2ccc3c(c2)-c2ccccc2C3)cc1. The molecule has 0 unspecified atom stereocenters. The van der Waals surface area contributed by atoms with Crippen molar-refractivity contribution in [2.75, 3.05) is 12.4 Å². The molecule has 0 radical (unpaired) electrons. The lowest BCUT2D eigenvalue weighted by atomic mass is 10.0. The van der Waals surface area contributed by atoms with Crippen molar-refractivity contribution < 1.29 is 22.7 Å². The molecule has 158 valence electrons. The smallest absolute Gasteiger partial charge is 0.307 e. The summed E-state index contributed by atoms with van der Waals surface area (Å²) in [6.45, 7) is 1.45. The third kappa shape index (κ3) is 4.59. The van der Waals surface area contributed by atoms with Gasteiger partial charge in [-0.25, -0.2) is 8.42 Å². The number of aryl methyl sites for hydroxylation is 1. The number of sulfone groups is 1. The highest BCUT2D eigenvalue weighted by atomic mass is 32.2. The first-order valence-electron chi connectivity index (χ1n) is 10.0. The number of hydrogen-bond acceptors (Lipinski definition) is 5. The van der Waals surface area contributed by atoms with Crippen LogP contribution in [0.15, 0.2) is 71.6 Å². The van der Waals surface area contributed by atoms with Crippen LogP contribution in [-0.2, 0) is 25.8 Å². The van der Waals surface area contributed by atoms with Crippen LogP contribution >= 0.6 is 0 Å². The van der Waals surface area contributed by atoms with Crippen LogP contribution < -0.4 is 0 Å². The summed E-state index contributed by atoms with van der Waals surface area (Å²) in [5.41, 5.74) is 5.95. The number of benzene rings is 3. The summed E-state index contributed by atoms with van der Waals surface area (Å²) in [5, 5.41) is 0. The lowest BCUT2D eigenvalue weighted by Crippen LogP contribution is -2.17. The standard InChI is InChI=1S/C25H22O5S/c1-17-6-10-21(11-7-17)31(28,29)13-12-25(27)30-16-24(26)20-9-8-19-14-18-4-2-3-5-22(18)23(19)15-20/h2-11,15H,12-14,16H2,1H3. The van der Waals surface area contributed by atoms with E-state index in [0.717, 1.165) is 28.7 Å². The minimum absolute atomic E-state index is 0.167. The van der Waals surface area contributed by atoms with Gasteiger partial charge in [-0.05, 0) is 53.8 Å².